The molecule has 0 saturated carbocycles. The van der Waals surface area contributed by atoms with E-state index in [0.717, 1.165) is 55.1 Å². The summed E-state index contributed by atoms with van der Waals surface area (Å²) in [5, 5.41) is 0.261. The van der Waals surface area contributed by atoms with E-state index in [0.29, 0.717) is 19.8 Å². The number of fused-ring (bicyclic) bond motifs is 1. The van der Waals surface area contributed by atoms with Crippen LogP contribution in [0.5, 0.6) is 0 Å². The molecule has 11 heteroatoms. The molecule has 4 heterocycles. The zero-order chi connectivity index (χ0) is 20.6. The average Bonchev–Trinajstić information content (AvgIpc) is 3.27. The van der Waals surface area contributed by atoms with Crippen LogP contribution in [-0.2, 0) is 21.3 Å². The number of ether oxygens (including phenoxy) is 1. The van der Waals surface area contributed by atoms with Gasteiger partial charge in [-0.2, -0.15) is 4.98 Å². The number of morpholine rings is 1. The molecule has 160 valence electrons. The van der Waals surface area contributed by atoms with Crippen LogP contribution in [0.3, 0.4) is 0 Å². The molecule has 4 rings (SSSR count). The van der Waals surface area contributed by atoms with Gasteiger partial charge < -0.3 is 9.64 Å². The number of sulfonamides is 1. The first-order chi connectivity index (χ1) is 13.8. The average molecular weight is 460 g/mol. The summed E-state index contributed by atoms with van der Waals surface area (Å²) in [6.07, 6.45) is 3.35. The first kappa shape index (κ1) is 21.2. The van der Waals surface area contributed by atoms with Crippen molar-refractivity contribution in [3.8, 4) is 0 Å². The van der Waals surface area contributed by atoms with E-state index in [-0.39, 0.29) is 11.3 Å². The van der Waals surface area contributed by atoms with Gasteiger partial charge in [0.25, 0.3) is 0 Å². The first-order valence-electron chi connectivity index (χ1n) is 9.75. The molecule has 0 amide bonds. The molecule has 1 unspecified atom stereocenters. The molecule has 0 spiro atoms. The maximum atomic E-state index is 11.8. The fourth-order valence-electron chi connectivity index (χ4n) is 3.95. The van der Waals surface area contributed by atoms with Crippen LogP contribution in [0.2, 0.25) is 5.28 Å². The van der Waals surface area contributed by atoms with Crippen LogP contribution in [0.15, 0.2) is 6.07 Å². The van der Waals surface area contributed by atoms with Crippen molar-refractivity contribution in [1.29, 1.82) is 0 Å². The lowest BCUT2D eigenvalue weighted by atomic mass is 10.2. The smallest absolute Gasteiger partial charge is 0.224 e. The van der Waals surface area contributed by atoms with Gasteiger partial charge in [0.2, 0.25) is 15.3 Å². The highest BCUT2D eigenvalue weighted by Crippen LogP contribution is 2.35. The van der Waals surface area contributed by atoms with E-state index < -0.39 is 10.0 Å². The van der Waals surface area contributed by atoms with Crippen molar-refractivity contribution >= 4 is 49.0 Å². The number of anilines is 1. The summed E-state index contributed by atoms with van der Waals surface area (Å²) >= 11 is 7.90. The maximum absolute atomic E-state index is 11.8. The summed E-state index contributed by atoms with van der Waals surface area (Å²) in [4.78, 5) is 14.7. The Morgan fingerprint density at radius 2 is 2.07 bits per heavy atom. The van der Waals surface area contributed by atoms with E-state index >= 15 is 0 Å². The summed E-state index contributed by atoms with van der Waals surface area (Å²) in [6.45, 7) is 5.23. The Morgan fingerprint density at radius 3 is 2.79 bits per heavy atom. The van der Waals surface area contributed by atoms with Gasteiger partial charge in [-0.25, -0.2) is 17.7 Å². The summed E-state index contributed by atoms with van der Waals surface area (Å²) in [6, 6.07) is 2.32. The zero-order valence-electron chi connectivity index (χ0n) is 16.7. The topological polar surface area (TPSA) is 78.9 Å². The quantitative estimate of drug-likeness (QED) is 0.611. The van der Waals surface area contributed by atoms with Crippen molar-refractivity contribution in [2.45, 2.75) is 25.4 Å². The number of likely N-dealkylation sites (N-methyl/N-ethyl adjacent to an activating group) is 1. The van der Waals surface area contributed by atoms with E-state index in [2.05, 4.69) is 25.8 Å². The molecule has 2 aromatic heterocycles. The van der Waals surface area contributed by atoms with E-state index in [9.17, 15) is 8.42 Å². The number of hydrogen-bond acceptors (Lipinski definition) is 8. The summed E-state index contributed by atoms with van der Waals surface area (Å²) in [5.41, 5.74) is 0.871. The normalized spacial score (nSPS) is 21.5. The molecule has 2 fully saturated rings. The molecular formula is C18H26ClN5O3S2. The number of halogens is 1. The van der Waals surface area contributed by atoms with E-state index in [1.807, 2.05) is 0 Å². The number of rotatable bonds is 6. The third-order valence-corrected chi connectivity index (χ3v) is 8.14. The lowest BCUT2D eigenvalue weighted by Crippen LogP contribution is -2.40. The Balaban J connectivity index is 1.55. The van der Waals surface area contributed by atoms with E-state index in [4.69, 9.17) is 16.3 Å². The summed E-state index contributed by atoms with van der Waals surface area (Å²) in [7, 11) is -1.52. The molecule has 2 aliphatic heterocycles. The minimum absolute atomic E-state index is 0.230. The van der Waals surface area contributed by atoms with Crippen LogP contribution in [0.1, 0.15) is 17.7 Å². The minimum atomic E-state index is -3.17. The van der Waals surface area contributed by atoms with Crippen molar-refractivity contribution in [2.75, 3.05) is 57.6 Å². The molecule has 1 atom stereocenters. The third-order valence-electron chi connectivity index (χ3n) is 5.58. The molecule has 0 aliphatic carbocycles. The largest absolute Gasteiger partial charge is 0.378 e. The predicted molar refractivity (Wildman–Crippen MR) is 116 cm³/mol. The predicted octanol–water partition coefficient (Wildman–Crippen LogP) is 2.04. The monoisotopic (exact) mass is 459 g/mol. The second kappa shape index (κ2) is 8.60. The molecule has 8 nitrogen and oxygen atoms in total. The lowest BCUT2D eigenvalue weighted by Gasteiger charge is -2.28. The fraction of sp³-hybridized carbons (Fsp3) is 0.667. The molecule has 2 saturated heterocycles. The number of thiophene rings is 1. The molecule has 0 radical (unpaired) electrons. The Hall–Kier alpha value is -1.04. The number of nitrogens with zero attached hydrogens (tertiary/aromatic N) is 5. The van der Waals surface area contributed by atoms with Crippen LogP contribution in [0, 0.1) is 0 Å². The fourth-order valence-corrected chi connectivity index (χ4v) is 5.70. The van der Waals surface area contributed by atoms with Gasteiger partial charge in [0.15, 0.2) is 5.82 Å². The summed E-state index contributed by atoms with van der Waals surface area (Å²) in [5.74, 6) is 0.884. The Morgan fingerprint density at radius 1 is 1.31 bits per heavy atom. The van der Waals surface area contributed by atoms with Gasteiger partial charge in [-0.05, 0) is 37.1 Å². The first-order valence-corrected chi connectivity index (χ1v) is 12.8. The Bertz CT molecular complexity index is 977. The standard InChI is InChI=1S/C18H26ClN5O3S2/c1-22(29(2,25)26)11-13-4-3-5-24(13)12-14-10-15-16(28-14)17(21-18(19)20-15)23-6-8-27-9-7-23/h10,13H,3-9,11-12H2,1-2H3. The number of hydrogen-bond donors (Lipinski definition) is 0. The number of aromatic nitrogens is 2. The highest BCUT2D eigenvalue weighted by Gasteiger charge is 2.28. The van der Waals surface area contributed by atoms with Gasteiger partial charge in [-0.15, -0.1) is 11.3 Å². The van der Waals surface area contributed by atoms with Crippen LogP contribution in [0.4, 0.5) is 5.82 Å². The van der Waals surface area contributed by atoms with Gasteiger partial charge >= 0.3 is 0 Å². The SMILES string of the molecule is CN(CC1CCCN1Cc1cc2nc(Cl)nc(N3CCOCC3)c2s1)S(C)(=O)=O. The lowest BCUT2D eigenvalue weighted by molar-refractivity contribution is 0.122. The van der Waals surface area contributed by atoms with Crippen molar-refractivity contribution < 1.29 is 13.2 Å². The Labute approximate surface area is 180 Å². The second-order valence-corrected chi connectivity index (χ2v) is 11.2. The van der Waals surface area contributed by atoms with Gasteiger partial charge in [0, 0.05) is 44.1 Å². The second-order valence-electron chi connectivity index (χ2n) is 7.65. The highest BCUT2D eigenvalue weighted by atomic mass is 35.5. The molecule has 2 aliphatic rings. The molecule has 0 N–H and O–H groups in total. The van der Waals surface area contributed by atoms with Crippen molar-refractivity contribution in [1.82, 2.24) is 19.2 Å². The minimum Gasteiger partial charge on any atom is -0.378 e. The van der Waals surface area contributed by atoms with Gasteiger partial charge in [0.05, 0.1) is 29.7 Å². The van der Waals surface area contributed by atoms with Crippen molar-refractivity contribution in [2.24, 2.45) is 0 Å². The molecule has 0 aromatic carbocycles. The van der Waals surface area contributed by atoms with Crippen LogP contribution < -0.4 is 4.90 Å². The van der Waals surface area contributed by atoms with Gasteiger partial charge in [-0.3, -0.25) is 4.90 Å². The van der Waals surface area contributed by atoms with Crippen molar-refractivity contribution in [3.05, 3.63) is 16.2 Å². The summed E-state index contributed by atoms with van der Waals surface area (Å²) < 4.78 is 31.5. The third kappa shape index (κ3) is 4.83. The van der Waals surface area contributed by atoms with Crippen LogP contribution in [-0.4, -0.2) is 86.3 Å². The number of likely N-dealkylation sites (tertiary alicyclic amines) is 1. The zero-order valence-corrected chi connectivity index (χ0v) is 19.1. The van der Waals surface area contributed by atoms with Crippen molar-refractivity contribution in [3.63, 3.8) is 0 Å². The maximum Gasteiger partial charge on any atom is 0.224 e. The highest BCUT2D eigenvalue weighted by molar-refractivity contribution is 7.88. The molecule has 2 aromatic rings. The van der Waals surface area contributed by atoms with E-state index in [1.54, 1.807) is 18.4 Å². The van der Waals surface area contributed by atoms with Gasteiger partial charge in [0.1, 0.15) is 0 Å². The Kier molecular flexibility index (Phi) is 6.29. The van der Waals surface area contributed by atoms with Crippen LogP contribution in [0.25, 0.3) is 10.2 Å². The molecule has 0 bridgehead atoms. The molecular weight excluding hydrogens is 434 g/mol. The van der Waals surface area contributed by atoms with Crippen LogP contribution >= 0.6 is 22.9 Å². The van der Waals surface area contributed by atoms with E-state index in [1.165, 1.54) is 15.4 Å². The van der Waals surface area contributed by atoms with Gasteiger partial charge in [-0.1, -0.05) is 0 Å². The molecule has 29 heavy (non-hydrogen) atoms.